The monoisotopic (exact) mass is 296 g/mol. The number of anilines is 1. The quantitative estimate of drug-likeness (QED) is 0.614. The molecule has 1 saturated heterocycles. The highest BCUT2D eigenvalue weighted by molar-refractivity contribution is 6.30. The van der Waals surface area contributed by atoms with Gasteiger partial charge in [-0.3, -0.25) is 9.59 Å². The number of amides is 2. The first kappa shape index (κ1) is 15.0. The molecule has 6 heteroatoms. The number of aliphatic hydroxyl groups is 1. The number of nitrogens with one attached hydrogen (secondary N) is 1. The van der Waals surface area contributed by atoms with Gasteiger partial charge in [-0.2, -0.15) is 0 Å². The maximum Gasteiger partial charge on any atom is 0.251 e. The molecule has 0 saturated carbocycles. The van der Waals surface area contributed by atoms with E-state index in [1.807, 2.05) is 0 Å². The van der Waals surface area contributed by atoms with Crippen LogP contribution in [0.2, 0.25) is 5.02 Å². The molecule has 108 valence electrons. The fourth-order valence-corrected chi connectivity index (χ4v) is 2.29. The molecule has 1 fully saturated rings. The Labute approximate surface area is 122 Å². The molecule has 0 aliphatic carbocycles. The molecule has 0 spiro atoms. The summed E-state index contributed by atoms with van der Waals surface area (Å²) in [6.45, 7) is 0.745. The maximum absolute atomic E-state index is 12.2. The van der Waals surface area contributed by atoms with E-state index in [-0.39, 0.29) is 24.8 Å². The molecule has 0 radical (unpaired) electrons. The van der Waals surface area contributed by atoms with Crippen LogP contribution in [0.15, 0.2) is 24.3 Å². The first-order valence-electron chi connectivity index (χ1n) is 6.60. The third kappa shape index (κ3) is 3.36. The van der Waals surface area contributed by atoms with Crippen LogP contribution in [0.25, 0.3) is 0 Å². The van der Waals surface area contributed by atoms with Gasteiger partial charge < -0.3 is 10.4 Å². The summed E-state index contributed by atoms with van der Waals surface area (Å²) >= 11 is 5.80. The third-order valence-electron chi connectivity index (χ3n) is 3.21. The third-order valence-corrected chi connectivity index (χ3v) is 3.46. The summed E-state index contributed by atoms with van der Waals surface area (Å²) < 4.78 is 0. The van der Waals surface area contributed by atoms with E-state index < -0.39 is 6.04 Å². The van der Waals surface area contributed by atoms with Gasteiger partial charge in [0.25, 0.3) is 5.91 Å². The fourth-order valence-electron chi connectivity index (χ4n) is 2.17. The van der Waals surface area contributed by atoms with Crippen molar-refractivity contribution in [2.45, 2.75) is 25.3 Å². The predicted octanol–water partition coefficient (Wildman–Crippen LogP) is 1.33. The number of nitrogens with zero attached hydrogens (tertiary/aromatic N) is 1. The smallest absolute Gasteiger partial charge is 0.251 e. The van der Waals surface area contributed by atoms with Crippen molar-refractivity contribution >= 4 is 29.1 Å². The minimum atomic E-state index is -0.475. The molecular weight excluding hydrogens is 280 g/mol. The molecule has 0 bridgehead atoms. The normalized spacial score (nSPS) is 18.9. The van der Waals surface area contributed by atoms with Crippen LogP contribution >= 0.6 is 11.6 Å². The Hall–Kier alpha value is -1.43. The number of carbonyl (C=O) groups is 2. The van der Waals surface area contributed by atoms with E-state index in [0.29, 0.717) is 23.7 Å². The Bertz CT molecular complexity index is 490. The van der Waals surface area contributed by atoms with Crippen molar-refractivity contribution in [1.29, 1.82) is 0 Å². The van der Waals surface area contributed by atoms with E-state index in [4.69, 9.17) is 16.7 Å². The highest BCUT2D eigenvalue weighted by Crippen LogP contribution is 2.24. The van der Waals surface area contributed by atoms with Crippen molar-refractivity contribution in [2.75, 3.05) is 18.1 Å². The molecule has 2 N–H and O–H groups in total. The number of halogens is 1. The molecule has 2 amide bonds. The average Bonchev–Trinajstić information content (AvgIpc) is 2.71. The van der Waals surface area contributed by atoms with Crippen LogP contribution < -0.4 is 10.2 Å². The van der Waals surface area contributed by atoms with Gasteiger partial charge in [0.2, 0.25) is 5.91 Å². The van der Waals surface area contributed by atoms with Crippen LogP contribution in [0.3, 0.4) is 0 Å². The highest BCUT2D eigenvalue weighted by atomic mass is 35.5. The minimum absolute atomic E-state index is 0.135. The lowest BCUT2D eigenvalue weighted by Crippen LogP contribution is -2.39. The van der Waals surface area contributed by atoms with Gasteiger partial charge in [-0.25, -0.2) is 4.90 Å². The summed E-state index contributed by atoms with van der Waals surface area (Å²) in [6, 6.07) is 6.15. The predicted molar refractivity (Wildman–Crippen MR) is 76.7 cm³/mol. The van der Waals surface area contributed by atoms with E-state index in [1.165, 1.54) is 4.90 Å². The zero-order valence-electron chi connectivity index (χ0n) is 11.0. The van der Waals surface area contributed by atoms with Gasteiger partial charge >= 0.3 is 0 Å². The molecule has 1 aromatic rings. The van der Waals surface area contributed by atoms with Gasteiger partial charge in [-0.15, -0.1) is 0 Å². The second kappa shape index (κ2) is 6.83. The molecule has 0 aromatic heterocycles. The lowest BCUT2D eigenvalue weighted by Gasteiger charge is -2.15. The second-order valence-corrected chi connectivity index (χ2v) is 5.12. The van der Waals surface area contributed by atoms with Gasteiger partial charge in [0, 0.05) is 11.6 Å². The number of carbonyl (C=O) groups excluding carboxylic acids is 2. The number of aliphatic hydroxyl groups excluding tert-OH is 1. The Morgan fingerprint density at radius 3 is 2.60 bits per heavy atom. The van der Waals surface area contributed by atoms with E-state index in [9.17, 15) is 9.59 Å². The number of hydrogen-bond donors (Lipinski definition) is 2. The lowest BCUT2D eigenvalue weighted by atomic mass is 10.2. The molecule has 1 aliphatic rings. The second-order valence-electron chi connectivity index (χ2n) is 4.69. The molecular formula is C14H17ClN2O3. The first-order valence-corrected chi connectivity index (χ1v) is 6.98. The Balaban J connectivity index is 2.00. The SMILES string of the molecule is O=C1C[C@H](NCCCCO)C(=O)N1c1ccc(Cl)cc1. The zero-order chi connectivity index (χ0) is 14.5. The first-order chi connectivity index (χ1) is 9.63. The summed E-state index contributed by atoms with van der Waals surface area (Å²) in [5, 5.41) is 12.3. The maximum atomic E-state index is 12.2. The Kier molecular flexibility index (Phi) is 5.11. The number of unbranched alkanes of at least 4 members (excludes halogenated alkanes) is 1. The molecule has 2 rings (SSSR count). The summed E-state index contributed by atoms with van der Waals surface area (Å²) in [6.07, 6.45) is 1.62. The van der Waals surface area contributed by atoms with Crippen LogP contribution in [-0.2, 0) is 9.59 Å². The van der Waals surface area contributed by atoms with Crippen molar-refractivity contribution in [3.63, 3.8) is 0 Å². The topological polar surface area (TPSA) is 69.6 Å². The molecule has 1 aromatic carbocycles. The van der Waals surface area contributed by atoms with E-state index in [1.54, 1.807) is 24.3 Å². The largest absolute Gasteiger partial charge is 0.396 e. The molecule has 0 unspecified atom stereocenters. The summed E-state index contributed by atoms with van der Waals surface area (Å²) in [4.78, 5) is 25.4. The van der Waals surface area contributed by atoms with Crippen LogP contribution in [0.1, 0.15) is 19.3 Å². The van der Waals surface area contributed by atoms with Crippen LogP contribution in [0.4, 0.5) is 5.69 Å². The van der Waals surface area contributed by atoms with Gasteiger partial charge in [0.05, 0.1) is 18.2 Å². The van der Waals surface area contributed by atoms with Crippen LogP contribution in [-0.4, -0.2) is 36.1 Å². The summed E-state index contributed by atoms with van der Waals surface area (Å²) in [7, 11) is 0. The molecule has 5 nitrogen and oxygen atoms in total. The summed E-state index contributed by atoms with van der Waals surface area (Å²) in [5.74, 6) is -0.446. The molecule has 1 atom stereocenters. The Morgan fingerprint density at radius 1 is 1.25 bits per heavy atom. The van der Waals surface area contributed by atoms with Crippen molar-refractivity contribution in [3.8, 4) is 0 Å². The highest BCUT2D eigenvalue weighted by Gasteiger charge is 2.38. The number of benzene rings is 1. The molecule has 1 aliphatic heterocycles. The van der Waals surface area contributed by atoms with Crippen molar-refractivity contribution in [3.05, 3.63) is 29.3 Å². The number of rotatable bonds is 6. The Morgan fingerprint density at radius 2 is 1.95 bits per heavy atom. The van der Waals surface area contributed by atoms with Gasteiger partial charge in [-0.1, -0.05) is 11.6 Å². The van der Waals surface area contributed by atoms with Crippen molar-refractivity contribution in [2.24, 2.45) is 0 Å². The van der Waals surface area contributed by atoms with Gasteiger partial charge in [-0.05, 0) is 43.7 Å². The van der Waals surface area contributed by atoms with E-state index >= 15 is 0 Å². The van der Waals surface area contributed by atoms with E-state index in [2.05, 4.69) is 5.32 Å². The fraction of sp³-hybridized carbons (Fsp3) is 0.429. The van der Waals surface area contributed by atoms with Crippen molar-refractivity contribution in [1.82, 2.24) is 5.32 Å². The van der Waals surface area contributed by atoms with Crippen LogP contribution in [0.5, 0.6) is 0 Å². The van der Waals surface area contributed by atoms with E-state index in [0.717, 1.165) is 6.42 Å². The minimum Gasteiger partial charge on any atom is -0.396 e. The molecule has 20 heavy (non-hydrogen) atoms. The number of imide groups is 1. The van der Waals surface area contributed by atoms with Crippen LogP contribution in [0, 0.1) is 0 Å². The van der Waals surface area contributed by atoms with Gasteiger partial charge in [0.15, 0.2) is 0 Å². The standard InChI is InChI=1S/C14H17ClN2O3/c15-10-3-5-11(6-4-10)17-13(19)9-12(14(17)20)16-7-1-2-8-18/h3-6,12,16,18H,1-2,7-9H2/t12-/m0/s1. The van der Waals surface area contributed by atoms with Crippen molar-refractivity contribution < 1.29 is 14.7 Å². The summed E-state index contributed by atoms with van der Waals surface area (Å²) in [5.41, 5.74) is 0.545. The molecule has 1 heterocycles. The lowest BCUT2D eigenvalue weighted by molar-refractivity contribution is -0.121. The van der Waals surface area contributed by atoms with Gasteiger partial charge in [0.1, 0.15) is 0 Å². The average molecular weight is 297 g/mol. The number of hydrogen-bond acceptors (Lipinski definition) is 4. The zero-order valence-corrected chi connectivity index (χ0v) is 11.8.